The second kappa shape index (κ2) is 5.49. The van der Waals surface area contributed by atoms with Crippen LogP contribution in [-0.2, 0) is 9.59 Å². The molecule has 0 saturated heterocycles. The van der Waals surface area contributed by atoms with Gasteiger partial charge in [-0.1, -0.05) is 39.0 Å². The van der Waals surface area contributed by atoms with Gasteiger partial charge < -0.3 is 10.4 Å². The summed E-state index contributed by atoms with van der Waals surface area (Å²) in [5, 5.41) is 11.4. The van der Waals surface area contributed by atoms with Crippen LogP contribution >= 0.6 is 0 Å². The minimum Gasteiger partial charge on any atom is -0.478 e. The highest BCUT2D eigenvalue weighted by molar-refractivity contribution is 5.97. The van der Waals surface area contributed by atoms with E-state index in [4.69, 9.17) is 5.11 Å². The van der Waals surface area contributed by atoms with Crippen molar-refractivity contribution in [3.05, 3.63) is 35.9 Å². The van der Waals surface area contributed by atoms with Gasteiger partial charge in [-0.05, 0) is 17.7 Å². The van der Waals surface area contributed by atoms with Gasteiger partial charge in [0.05, 0.1) is 0 Å². The van der Waals surface area contributed by atoms with Crippen molar-refractivity contribution in [1.82, 2.24) is 0 Å². The van der Waals surface area contributed by atoms with Gasteiger partial charge in [-0.3, -0.25) is 4.79 Å². The van der Waals surface area contributed by atoms with E-state index < -0.39 is 11.4 Å². The molecule has 18 heavy (non-hydrogen) atoms. The number of hydrogen-bond donors (Lipinski definition) is 2. The zero-order valence-corrected chi connectivity index (χ0v) is 10.7. The van der Waals surface area contributed by atoms with Gasteiger partial charge in [-0.15, -0.1) is 0 Å². The van der Waals surface area contributed by atoms with Gasteiger partial charge in [0.2, 0.25) is 5.91 Å². The molecular formula is C14H17NO3. The lowest BCUT2D eigenvalue weighted by atomic mass is 9.95. The van der Waals surface area contributed by atoms with E-state index in [1.165, 1.54) is 6.08 Å². The largest absolute Gasteiger partial charge is 0.478 e. The first kappa shape index (κ1) is 14.0. The van der Waals surface area contributed by atoms with Gasteiger partial charge in [0.1, 0.15) is 0 Å². The van der Waals surface area contributed by atoms with Gasteiger partial charge in [0.15, 0.2) is 0 Å². The standard InChI is InChI=1S/C14H17NO3/c1-14(2,3)13(18)15-11-7-5-4-6-10(11)8-9-12(16)17/h4-9H,1-3H3,(H,15,18)(H,16,17)/b9-8-. The Morgan fingerprint density at radius 2 is 1.83 bits per heavy atom. The van der Waals surface area contributed by atoms with Crippen LogP contribution in [-0.4, -0.2) is 17.0 Å². The van der Waals surface area contributed by atoms with E-state index in [2.05, 4.69) is 5.32 Å². The third kappa shape index (κ3) is 4.05. The summed E-state index contributed by atoms with van der Waals surface area (Å²) in [6, 6.07) is 7.06. The summed E-state index contributed by atoms with van der Waals surface area (Å²) in [5.74, 6) is -1.13. The molecule has 0 aliphatic heterocycles. The Hall–Kier alpha value is -2.10. The quantitative estimate of drug-likeness (QED) is 0.807. The second-order valence-electron chi connectivity index (χ2n) is 4.96. The van der Waals surface area contributed by atoms with Crippen LogP contribution in [0.2, 0.25) is 0 Å². The van der Waals surface area contributed by atoms with Crippen LogP contribution in [0, 0.1) is 5.41 Å². The molecule has 0 unspecified atom stereocenters. The molecule has 0 atom stereocenters. The molecule has 4 nitrogen and oxygen atoms in total. The smallest absolute Gasteiger partial charge is 0.328 e. The molecule has 1 aromatic rings. The molecule has 0 aliphatic carbocycles. The normalized spacial score (nSPS) is 11.5. The van der Waals surface area contributed by atoms with Crippen molar-refractivity contribution in [3.63, 3.8) is 0 Å². The van der Waals surface area contributed by atoms with Gasteiger partial charge in [-0.2, -0.15) is 0 Å². The number of aliphatic carboxylic acids is 1. The Kier molecular flexibility index (Phi) is 4.26. The molecule has 0 saturated carbocycles. The first-order chi connectivity index (χ1) is 8.30. The van der Waals surface area contributed by atoms with Crippen molar-refractivity contribution in [1.29, 1.82) is 0 Å². The third-order valence-electron chi connectivity index (χ3n) is 2.30. The Bertz CT molecular complexity index is 484. The molecule has 2 N–H and O–H groups in total. The van der Waals surface area contributed by atoms with Crippen molar-refractivity contribution in [2.24, 2.45) is 5.41 Å². The molecule has 0 heterocycles. The molecule has 0 aliphatic rings. The number of anilines is 1. The highest BCUT2D eigenvalue weighted by Crippen LogP contribution is 2.21. The number of benzene rings is 1. The van der Waals surface area contributed by atoms with Crippen molar-refractivity contribution in [2.75, 3.05) is 5.32 Å². The fraction of sp³-hybridized carbons (Fsp3) is 0.286. The van der Waals surface area contributed by atoms with Crippen molar-refractivity contribution >= 4 is 23.6 Å². The van der Waals surface area contributed by atoms with E-state index in [9.17, 15) is 9.59 Å². The van der Waals surface area contributed by atoms with Gasteiger partial charge >= 0.3 is 5.97 Å². The van der Waals surface area contributed by atoms with Crippen LogP contribution in [0.5, 0.6) is 0 Å². The number of hydrogen-bond acceptors (Lipinski definition) is 2. The number of carbonyl (C=O) groups is 2. The fourth-order valence-electron chi connectivity index (χ4n) is 1.23. The first-order valence-corrected chi connectivity index (χ1v) is 5.62. The molecule has 0 spiro atoms. The molecule has 0 aromatic heterocycles. The number of rotatable bonds is 3. The van der Waals surface area contributed by atoms with E-state index in [-0.39, 0.29) is 5.91 Å². The fourth-order valence-corrected chi connectivity index (χ4v) is 1.23. The van der Waals surface area contributed by atoms with E-state index in [0.29, 0.717) is 11.3 Å². The van der Waals surface area contributed by atoms with Crippen molar-refractivity contribution in [2.45, 2.75) is 20.8 Å². The number of carboxylic acids is 1. The maximum atomic E-state index is 11.9. The zero-order valence-electron chi connectivity index (χ0n) is 10.7. The zero-order chi connectivity index (χ0) is 13.8. The Labute approximate surface area is 106 Å². The SMILES string of the molecule is CC(C)(C)C(=O)Nc1ccccc1/C=C\C(=O)O. The molecule has 1 amide bonds. The lowest BCUT2D eigenvalue weighted by Gasteiger charge is -2.18. The number of amides is 1. The highest BCUT2D eigenvalue weighted by Gasteiger charge is 2.21. The Morgan fingerprint density at radius 1 is 1.22 bits per heavy atom. The molecular weight excluding hydrogens is 230 g/mol. The summed E-state index contributed by atoms with van der Waals surface area (Å²) < 4.78 is 0. The lowest BCUT2D eigenvalue weighted by molar-refractivity contribution is -0.131. The van der Waals surface area contributed by atoms with Gasteiger partial charge in [0, 0.05) is 17.2 Å². The number of para-hydroxylation sites is 1. The minimum atomic E-state index is -1.02. The summed E-state index contributed by atoms with van der Waals surface area (Å²) in [7, 11) is 0. The predicted octanol–water partition coefficient (Wildman–Crippen LogP) is 2.77. The molecule has 0 fully saturated rings. The van der Waals surface area contributed by atoms with Crippen molar-refractivity contribution in [3.8, 4) is 0 Å². The number of nitrogens with one attached hydrogen (secondary N) is 1. The van der Waals surface area contributed by atoms with Crippen LogP contribution in [0.3, 0.4) is 0 Å². The molecule has 0 bridgehead atoms. The molecule has 1 aromatic carbocycles. The molecule has 4 heteroatoms. The van der Waals surface area contributed by atoms with Crippen LogP contribution in [0.1, 0.15) is 26.3 Å². The van der Waals surface area contributed by atoms with Crippen molar-refractivity contribution < 1.29 is 14.7 Å². The van der Waals surface area contributed by atoms with E-state index in [1.54, 1.807) is 24.3 Å². The summed E-state index contributed by atoms with van der Waals surface area (Å²) in [5.41, 5.74) is 0.774. The number of carboxylic acid groups (broad SMARTS) is 1. The van der Waals surface area contributed by atoms with Crippen LogP contribution in [0.25, 0.3) is 6.08 Å². The lowest BCUT2D eigenvalue weighted by Crippen LogP contribution is -2.27. The van der Waals surface area contributed by atoms with Gasteiger partial charge in [0.25, 0.3) is 0 Å². The molecule has 96 valence electrons. The topological polar surface area (TPSA) is 66.4 Å². The van der Waals surface area contributed by atoms with Gasteiger partial charge in [-0.25, -0.2) is 4.79 Å². The average molecular weight is 247 g/mol. The van der Waals surface area contributed by atoms with E-state index >= 15 is 0 Å². The highest BCUT2D eigenvalue weighted by atomic mass is 16.4. The maximum Gasteiger partial charge on any atom is 0.328 e. The average Bonchev–Trinajstić information content (AvgIpc) is 2.26. The van der Waals surface area contributed by atoms with Crippen LogP contribution in [0.4, 0.5) is 5.69 Å². The Balaban J connectivity index is 2.96. The summed E-state index contributed by atoms with van der Waals surface area (Å²) >= 11 is 0. The van der Waals surface area contributed by atoms with E-state index in [0.717, 1.165) is 6.08 Å². The Morgan fingerprint density at radius 3 is 2.39 bits per heavy atom. The summed E-state index contributed by atoms with van der Waals surface area (Å²) in [6.45, 7) is 5.45. The predicted molar refractivity (Wildman–Crippen MR) is 71.2 cm³/mol. The third-order valence-corrected chi connectivity index (χ3v) is 2.30. The molecule has 1 rings (SSSR count). The molecule has 0 radical (unpaired) electrons. The monoisotopic (exact) mass is 247 g/mol. The summed E-state index contributed by atoms with van der Waals surface area (Å²) in [6.07, 6.45) is 2.50. The minimum absolute atomic E-state index is 0.112. The first-order valence-electron chi connectivity index (χ1n) is 5.62. The number of carbonyl (C=O) groups excluding carboxylic acids is 1. The second-order valence-corrected chi connectivity index (χ2v) is 4.96. The summed E-state index contributed by atoms with van der Waals surface area (Å²) in [4.78, 5) is 22.4. The van der Waals surface area contributed by atoms with Crippen LogP contribution in [0.15, 0.2) is 30.3 Å². The maximum absolute atomic E-state index is 11.9. The van der Waals surface area contributed by atoms with Crippen LogP contribution < -0.4 is 5.32 Å². The van der Waals surface area contributed by atoms with E-state index in [1.807, 2.05) is 20.8 Å².